The van der Waals surface area contributed by atoms with Gasteiger partial charge in [-0.15, -0.1) is 0 Å². The van der Waals surface area contributed by atoms with Crippen LogP contribution in [0.15, 0.2) is 30.5 Å². The molecule has 0 unspecified atom stereocenters. The largest absolute Gasteiger partial charge is 0.369 e. The van der Waals surface area contributed by atoms with E-state index < -0.39 is 0 Å². The van der Waals surface area contributed by atoms with Crippen LogP contribution in [0.5, 0.6) is 0 Å². The first-order valence-corrected chi connectivity index (χ1v) is 7.87. The predicted octanol–water partition coefficient (Wildman–Crippen LogP) is 4.09. The average Bonchev–Trinajstić information content (AvgIpc) is 2.53. The van der Waals surface area contributed by atoms with Crippen molar-refractivity contribution in [2.75, 3.05) is 11.4 Å². The molecule has 3 heteroatoms. The Balaban J connectivity index is 2.19. The molecule has 2 heterocycles. The van der Waals surface area contributed by atoms with Crippen LogP contribution < -0.4 is 4.90 Å². The smallest absolute Gasteiger partial charge is 0.0998 e. The monoisotopic (exact) mass is 291 g/mol. The minimum absolute atomic E-state index is 0.455. The summed E-state index contributed by atoms with van der Waals surface area (Å²) < 4.78 is 0. The van der Waals surface area contributed by atoms with E-state index >= 15 is 0 Å². The molecule has 112 valence electrons. The molecule has 0 fully saturated rings. The van der Waals surface area contributed by atoms with Gasteiger partial charge in [-0.05, 0) is 57.4 Å². The highest BCUT2D eigenvalue weighted by Crippen LogP contribution is 2.36. The molecule has 2 aromatic rings. The van der Waals surface area contributed by atoms with Gasteiger partial charge in [-0.25, -0.2) is 0 Å². The number of nitrogens with zero attached hydrogens (tertiary/aromatic N) is 3. The maximum Gasteiger partial charge on any atom is 0.0998 e. The van der Waals surface area contributed by atoms with Crippen LogP contribution in [0.25, 0.3) is 11.1 Å². The van der Waals surface area contributed by atoms with Crippen LogP contribution >= 0.6 is 0 Å². The molecule has 3 rings (SSSR count). The van der Waals surface area contributed by atoms with Crippen molar-refractivity contribution in [3.05, 3.63) is 47.3 Å². The van der Waals surface area contributed by atoms with Gasteiger partial charge in [0.15, 0.2) is 0 Å². The lowest BCUT2D eigenvalue weighted by Crippen LogP contribution is -2.35. The van der Waals surface area contributed by atoms with E-state index in [2.05, 4.69) is 41.9 Å². The summed E-state index contributed by atoms with van der Waals surface area (Å²) in [6.45, 7) is 7.48. The van der Waals surface area contributed by atoms with Crippen LogP contribution in [0.3, 0.4) is 0 Å². The number of fused-ring (bicyclic) bond motifs is 1. The highest BCUT2D eigenvalue weighted by molar-refractivity contribution is 5.77. The minimum Gasteiger partial charge on any atom is -0.369 e. The fourth-order valence-electron chi connectivity index (χ4n) is 3.28. The second-order valence-electron chi connectivity index (χ2n) is 6.17. The maximum absolute atomic E-state index is 9.61. The molecule has 0 saturated heterocycles. The van der Waals surface area contributed by atoms with Gasteiger partial charge in [0.2, 0.25) is 0 Å². The van der Waals surface area contributed by atoms with Gasteiger partial charge in [0.05, 0.1) is 11.6 Å². The fourth-order valence-corrected chi connectivity index (χ4v) is 3.28. The predicted molar refractivity (Wildman–Crippen MR) is 89.9 cm³/mol. The third-order valence-electron chi connectivity index (χ3n) is 4.41. The summed E-state index contributed by atoms with van der Waals surface area (Å²) in [6.07, 6.45) is 4.04. The van der Waals surface area contributed by atoms with Crippen molar-refractivity contribution in [1.82, 2.24) is 4.98 Å². The quantitative estimate of drug-likeness (QED) is 0.836. The first-order chi connectivity index (χ1) is 10.6. The summed E-state index contributed by atoms with van der Waals surface area (Å²) in [5, 5.41) is 9.61. The third kappa shape index (κ3) is 2.46. The summed E-state index contributed by atoms with van der Waals surface area (Å²) in [4.78, 5) is 6.77. The van der Waals surface area contributed by atoms with Crippen LogP contribution in [-0.2, 0) is 6.42 Å². The molecule has 3 nitrogen and oxygen atoms in total. The SMILES string of the molecule is Cc1ncccc1-c1cc2c(cc1C#N)N(C(C)C)CCC2. The Morgan fingerprint density at radius 3 is 2.77 bits per heavy atom. The summed E-state index contributed by atoms with van der Waals surface area (Å²) in [5.74, 6) is 0. The maximum atomic E-state index is 9.61. The van der Waals surface area contributed by atoms with E-state index in [0.29, 0.717) is 6.04 Å². The standard InChI is InChI=1S/C19H21N3/c1-13(2)22-9-5-6-15-10-18(16(12-20)11-19(15)22)17-7-4-8-21-14(17)3/h4,7-8,10-11,13H,5-6,9H2,1-3H3. The zero-order chi connectivity index (χ0) is 15.7. The third-order valence-corrected chi connectivity index (χ3v) is 4.41. The van der Waals surface area contributed by atoms with Gasteiger partial charge in [-0.2, -0.15) is 5.26 Å². The molecule has 1 aromatic heterocycles. The van der Waals surface area contributed by atoms with Gasteiger partial charge < -0.3 is 4.90 Å². The Bertz CT molecular complexity index is 741. The highest BCUT2D eigenvalue weighted by atomic mass is 15.2. The number of pyridine rings is 1. The number of hydrogen-bond acceptors (Lipinski definition) is 3. The number of hydrogen-bond donors (Lipinski definition) is 0. The molecule has 22 heavy (non-hydrogen) atoms. The van der Waals surface area contributed by atoms with Crippen molar-refractivity contribution >= 4 is 5.69 Å². The number of aryl methyl sites for hydroxylation is 2. The van der Waals surface area contributed by atoms with Crippen molar-refractivity contribution in [2.45, 2.75) is 39.7 Å². The lowest BCUT2D eigenvalue weighted by atomic mass is 9.91. The molecule has 0 N–H and O–H groups in total. The zero-order valence-corrected chi connectivity index (χ0v) is 13.4. The number of benzene rings is 1. The fraction of sp³-hybridized carbons (Fsp3) is 0.368. The molecule has 0 saturated carbocycles. The van der Waals surface area contributed by atoms with Gasteiger partial charge in [0.25, 0.3) is 0 Å². The van der Waals surface area contributed by atoms with Crippen molar-refractivity contribution in [1.29, 1.82) is 5.26 Å². The number of aromatic nitrogens is 1. The van der Waals surface area contributed by atoms with E-state index in [1.54, 1.807) is 6.20 Å². The van der Waals surface area contributed by atoms with Crippen LogP contribution in [0.2, 0.25) is 0 Å². The second kappa shape index (κ2) is 5.81. The Morgan fingerprint density at radius 2 is 2.09 bits per heavy atom. The highest BCUT2D eigenvalue weighted by Gasteiger charge is 2.22. The van der Waals surface area contributed by atoms with Crippen molar-refractivity contribution in [2.24, 2.45) is 0 Å². The molecule has 0 aliphatic carbocycles. The first-order valence-electron chi connectivity index (χ1n) is 7.87. The molecular formula is C19H21N3. The van der Waals surface area contributed by atoms with Gasteiger partial charge in [0, 0.05) is 41.3 Å². The van der Waals surface area contributed by atoms with E-state index in [0.717, 1.165) is 35.3 Å². The van der Waals surface area contributed by atoms with E-state index in [4.69, 9.17) is 0 Å². The molecule has 0 spiro atoms. The Kier molecular flexibility index (Phi) is 3.85. The van der Waals surface area contributed by atoms with Crippen molar-refractivity contribution < 1.29 is 0 Å². The second-order valence-corrected chi connectivity index (χ2v) is 6.17. The van der Waals surface area contributed by atoms with Gasteiger partial charge >= 0.3 is 0 Å². The number of anilines is 1. The summed E-state index contributed by atoms with van der Waals surface area (Å²) in [5.41, 5.74) is 6.35. The lowest BCUT2D eigenvalue weighted by molar-refractivity contribution is 0.625. The topological polar surface area (TPSA) is 39.9 Å². The van der Waals surface area contributed by atoms with Crippen LogP contribution in [0, 0.1) is 18.3 Å². The van der Waals surface area contributed by atoms with Crippen molar-refractivity contribution in [3.8, 4) is 17.2 Å². The number of nitriles is 1. The zero-order valence-electron chi connectivity index (χ0n) is 13.4. The van der Waals surface area contributed by atoms with Crippen LogP contribution in [-0.4, -0.2) is 17.6 Å². The normalized spacial score (nSPS) is 13.9. The molecule has 0 amide bonds. The van der Waals surface area contributed by atoms with E-state index in [9.17, 15) is 5.26 Å². The van der Waals surface area contributed by atoms with E-state index in [-0.39, 0.29) is 0 Å². The molecule has 0 bridgehead atoms. The van der Waals surface area contributed by atoms with Gasteiger partial charge in [-0.1, -0.05) is 6.07 Å². The van der Waals surface area contributed by atoms with Gasteiger partial charge in [0.1, 0.15) is 0 Å². The summed E-state index contributed by atoms with van der Waals surface area (Å²) in [7, 11) is 0. The Labute approximate surface area is 132 Å². The van der Waals surface area contributed by atoms with Crippen molar-refractivity contribution in [3.63, 3.8) is 0 Å². The molecule has 0 atom stereocenters. The molecule has 1 aliphatic rings. The molecule has 1 aliphatic heterocycles. The van der Waals surface area contributed by atoms with Crippen LogP contribution in [0.4, 0.5) is 5.69 Å². The van der Waals surface area contributed by atoms with E-state index in [1.807, 2.05) is 19.1 Å². The Morgan fingerprint density at radius 1 is 1.27 bits per heavy atom. The van der Waals surface area contributed by atoms with E-state index in [1.165, 1.54) is 17.7 Å². The lowest BCUT2D eigenvalue weighted by Gasteiger charge is -2.35. The summed E-state index contributed by atoms with van der Waals surface area (Å²) >= 11 is 0. The molecule has 1 aromatic carbocycles. The van der Waals surface area contributed by atoms with Gasteiger partial charge in [-0.3, -0.25) is 4.98 Å². The molecular weight excluding hydrogens is 270 g/mol. The Hall–Kier alpha value is -2.34. The molecule has 0 radical (unpaired) electrons. The summed E-state index contributed by atoms with van der Waals surface area (Å²) in [6, 6.07) is 11.1. The minimum atomic E-state index is 0.455. The average molecular weight is 291 g/mol. The first kappa shape index (κ1) is 14.6. The van der Waals surface area contributed by atoms with Crippen LogP contribution in [0.1, 0.15) is 37.1 Å². The number of rotatable bonds is 2.